The van der Waals surface area contributed by atoms with Crippen LogP contribution in [-0.4, -0.2) is 13.1 Å². The molecular formula is C13H14N2. The van der Waals surface area contributed by atoms with Crippen LogP contribution in [-0.2, 0) is 6.42 Å². The lowest BCUT2D eigenvalue weighted by Crippen LogP contribution is -2.30. The van der Waals surface area contributed by atoms with Gasteiger partial charge in [0, 0.05) is 24.6 Å². The third-order valence-electron chi connectivity index (χ3n) is 2.75. The lowest BCUT2D eigenvalue weighted by Gasteiger charge is -2.20. The van der Waals surface area contributed by atoms with Crippen molar-refractivity contribution in [2.45, 2.75) is 6.42 Å². The lowest BCUT2D eigenvalue weighted by atomic mass is 9.90. The highest BCUT2D eigenvalue weighted by Gasteiger charge is 2.17. The lowest BCUT2D eigenvalue weighted by molar-refractivity contribution is 0.537. The van der Waals surface area contributed by atoms with Crippen LogP contribution < -0.4 is 5.32 Å². The highest BCUT2D eigenvalue weighted by Crippen LogP contribution is 2.18. The van der Waals surface area contributed by atoms with E-state index in [1.54, 1.807) is 0 Å². The largest absolute Gasteiger partial charge is 0.313 e. The fourth-order valence-electron chi connectivity index (χ4n) is 1.93. The maximum Gasteiger partial charge on any atom is 0.0947 e. The molecule has 15 heavy (non-hydrogen) atoms. The number of nitrogens with zero attached hydrogens (tertiary/aromatic N) is 1. The molecule has 0 spiro atoms. The van der Waals surface area contributed by atoms with Crippen LogP contribution in [0.1, 0.15) is 5.56 Å². The van der Waals surface area contributed by atoms with Gasteiger partial charge in [-0.3, -0.25) is 0 Å². The molecule has 1 aliphatic heterocycles. The van der Waals surface area contributed by atoms with Gasteiger partial charge < -0.3 is 5.32 Å². The summed E-state index contributed by atoms with van der Waals surface area (Å²) in [5.41, 5.74) is 2.23. The maximum atomic E-state index is 8.99. The van der Waals surface area contributed by atoms with Crippen molar-refractivity contribution in [3.05, 3.63) is 47.5 Å². The Morgan fingerprint density at radius 1 is 1.33 bits per heavy atom. The minimum atomic E-state index is 0.339. The van der Waals surface area contributed by atoms with E-state index in [-0.39, 0.29) is 0 Å². The van der Waals surface area contributed by atoms with Gasteiger partial charge in [-0.25, -0.2) is 0 Å². The molecule has 1 atom stereocenters. The van der Waals surface area contributed by atoms with Crippen molar-refractivity contribution in [1.29, 1.82) is 5.26 Å². The van der Waals surface area contributed by atoms with E-state index in [0.29, 0.717) is 5.92 Å². The van der Waals surface area contributed by atoms with Gasteiger partial charge in [0.2, 0.25) is 0 Å². The molecule has 1 heterocycles. The second-order valence-corrected chi connectivity index (χ2v) is 3.82. The van der Waals surface area contributed by atoms with Gasteiger partial charge in [0.1, 0.15) is 0 Å². The average molecular weight is 198 g/mol. The monoisotopic (exact) mass is 198 g/mol. The summed E-state index contributed by atoms with van der Waals surface area (Å²) in [7, 11) is 0. The minimum absolute atomic E-state index is 0.339. The van der Waals surface area contributed by atoms with Gasteiger partial charge in [0.05, 0.1) is 6.07 Å². The molecule has 0 aromatic heterocycles. The molecule has 0 aliphatic carbocycles. The molecule has 0 bridgehead atoms. The van der Waals surface area contributed by atoms with Crippen LogP contribution >= 0.6 is 0 Å². The minimum Gasteiger partial charge on any atom is -0.313 e. The van der Waals surface area contributed by atoms with E-state index in [9.17, 15) is 0 Å². The Morgan fingerprint density at radius 3 is 2.87 bits per heavy atom. The van der Waals surface area contributed by atoms with E-state index >= 15 is 0 Å². The predicted octanol–water partition coefficient (Wildman–Crippen LogP) is 1.90. The van der Waals surface area contributed by atoms with Crippen molar-refractivity contribution in [2.24, 2.45) is 5.92 Å². The number of nitrogens with one attached hydrogen (secondary N) is 1. The summed E-state index contributed by atoms with van der Waals surface area (Å²) in [4.78, 5) is 0. The summed E-state index contributed by atoms with van der Waals surface area (Å²) in [6.45, 7) is 1.74. The zero-order chi connectivity index (χ0) is 10.5. The first kappa shape index (κ1) is 9.95. The first-order valence-electron chi connectivity index (χ1n) is 5.25. The Bertz CT molecular complexity index is 387. The molecule has 2 rings (SSSR count). The predicted molar refractivity (Wildman–Crippen MR) is 60.2 cm³/mol. The first-order chi connectivity index (χ1) is 7.40. The van der Waals surface area contributed by atoms with Crippen LogP contribution in [0.15, 0.2) is 42.0 Å². The average Bonchev–Trinajstić information content (AvgIpc) is 2.31. The van der Waals surface area contributed by atoms with E-state index in [2.05, 4.69) is 23.5 Å². The van der Waals surface area contributed by atoms with Gasteiger partial charge >= 0.3 is 0 Å². The molecule has 1 N–H and O–H groups in total. The van der Waals surface area contributed by atoms with Gasteiger partial charge in [-0.2, -0.15) is 5.26 Å². The van der Waals surface area contributed by atoms with Gasteiger partial charge in [0.15, 0.2) is 0 Å². The third-order valence-corrected chi connectivity index (χ3v) is 2.75. The Morgan fingerprint density at radius 2 is 2.13 bits per heavy atom. The molecule has 0 saturated heterocycles. The Hall–Kier alpha value is -1.59. The van der Waals surface area contributed by atoms with Crippen molar-refractivity contribution in [2.75, 3.05) is 13.1 Å². The number of hydrogen-bond acceptors (Lipinski definition) is 2. The number of rotatable bonds is 2. The van der Waals surface area contributed by atoms with E-state index in [4.69, 9.17) is 5.26 Å². The second-order valence-electron chi connectivity index (χ2n) is 3.82. The molecule has 1 aliphatic rings. The van der Waals surface area contributed by atoms with Crippen molar-refractivity contribution in [3.63, 3.8) is 0 Å². The second kappa shape index (κ2) is 4.77. The van der Waals surface area contributed by atoms with Crippen LogP contribution in [0.2, 0.25) is 0 Å². The Labute approximate surface area is 90.2 Å². The summed E-state index contributed by atoms with van der Waals surface area (Å²) >= 11 is 0. The summed E-state index contributed by atoms with van der Waals surface area (Å²) in [5.74, 6) is 0.339. The highest BCUT2D eigenvalue weighted by molar-refractivity contribution is 5.29. The first-order valence-corrected chi connectivity index (χ1v) is 5.25. The summed E-state index contributed by atoms with van der Waals surface area (Å²) in [5, 5.41) is 12.3. The molecular weight excluding hydrogens is 184 g/mol. The Kier molecular flexibility index (Phi) is 3.16. The third kappa shape index (κ3) is 2.45. The Balaban J connectivity index is 2.09. The van der Waals surface area contributed by atoms with Crippen LogP contribution in [0.5, 0.6) is 0 Å². The number of benzene rings is 1. The molecule has 76 valence electrons. The molecule has 1 aromatic carbocycles. The molecule has 2 heteroatoms. The van der Waals surface area contributed by atoms with Gasteiger partial charge in [-0.05, 0) is 12.0 Å². The van der Waals surface area contributed by atoms with Crippen LogP contribution in [0.3, 0.4) is 0 Å². The fraction of sp³-hybridized carbons (Fsp3) is 0.308. The zero-order valence-electron chi connectivity index (χ0n) is 8.61. The van der Waals surface area contributed by atoms with Crippen molar-refractivity contribution in [3.8, 4) is 6.07 Å². The van der Waals surface area contributed by atoms with Crippen molar-refractivity contribution in [1.82, 2.24) is 5.32 Å². The molecule has 0 saturated carbocycles. The molecule has 1 unspecified atom stereocenters. The van der Waals surface area contributed by atoms with E-state index in [1.807, 2.05) is 24.3 Å². The standard InChI is InChI=1S/C13H14N2/c14-9-12-6-7-15-10-13(12)8-11-4-2-1-3-5-11/h1-6,13,15H,7-8,10H2. The summed E-state index contributed by atoms with van der Waals surface area (Å²) < 4.78 is 0. The zero-order valence-corrected chi connectivity index (χ0v) is 8.61. The number of nitriles is 1. The van der Waals surface area contributed by atoms with E-state index < -0.39 is 0 Å². The van der Waals surface area contributed by atoms with Gasteiger partial charge in [0.25, 0.3) is 0 Å². The number of hydrogen-bond donors (Lipinski definition) is 1. The fourth-order valence-corrected chi connectivity index (χ4v) is 1.93. The van der Waals surface area contributed by atoms with Crippen molar-refractivity contribution < 1.29 is 0 Å². The van der Waals surface area contributed by atoms with Crippen LogP contribution in [0.4, 0.5) is 0 Å². The molecule has 0 amide bonds. The molecule has 2 nitrogen and oxygen atoms in total. The van der Waals surface area contributed by atoms with Gasteiger partial charge in [-0.1, -0.05) is 36.4 Å². The van der Waals surface area contributed by atoms with Crippen LogP contribution in [0.25, 0.3) is 0 Å². The molecule has 1 aromatic rings. The SMILES string of the molecule is N#CC1=CCNCC1Cc1ccccc1. The smallest absolute Gasteiger partial charge is 0.0947 e. The van der Waals surface area contributed by atoms with Crippen LogP contribution in [0, 0.1) is 17.2 Å². The van der Waals surface area contributed by atoms with E-state index in [0.717, 1.165) is 25.1 Å². The van der Waals surface area contributed by atoms with Crippen molar-refractivity contribution >= 4 is 0 Å². The summed E-state index contributed by atoms with van der Waals surface area (Å²) in [6, 6.07) is 12.6. The topological polar surface area (TPSA) is 35.8 Å². The van der Waals surface area contributed by atoms with Gasteiger partial charge in [-0.15, -0.1) is 0 Å². The quantitative estimate of drug-likeness (QED) is 0.787. The van der Waals surface area contributed by atoms with E-state index in [1.165, 1.54) is 5.56 Å². The maximum absolute atomic E-state index is 8.99. The normalized spacial score (nSPS) is 20.5. The summed E-state index contributed by atoms with van der Waals surface area (Å²) in [6.07, 6.45) is 2.95. The molecule has 0 fully saturated rings. The molecule has 0 radical (unpaired) electrons. The highest BCUT2D eigenvalue weighted by atomic mass is 14.9.